The zero-order chi connectivity index (χ0) is 15.6. The van der Waals surface area contributed by atoms with E-state index in [2.05, 4.69) is 0 Å². The van der Waals surface area contributed by atoms with Crippen LogP contribution in [0.5, 0.6) is 5.75 Å². The number of benzene rings is 2. The molecule has 21 heavy (non-hydrogen) atoms. The minimum Gasteiger partial charge on any atom is -0.488 e. The van der Waals surface area contributed by atoms with Crippen LogP contribution in [0.3, 0.4) is 0 Å². The van der Waals surface area contributed by atoms with Crippen LogP contribution in [0.4, 0.5) is 4.39 Å². The molecule has 0 atom stereocenters. The highest BCUT2D eigenvalue weighted by Crippen LogP contribution is 2.26. The summed E-state index contributed by atoms with van der Waals surface area (Å²) in [6, 6.07) is 7.32. The van der Waals surface area contributed by atoms with Gasteiger partial charge in [-0.2, -0.15) is 0 Å². The van der Waals surface area contributed by atoms with Crippen molar-refractivity contribution in [2.24, 2.45) is 0 Å². The summed E-state index contributed by atoms with van der Waals surface area (Å²) in [7, 11) is 0. The van der Waals surface area contributed by atoms with Crippen LogP contribution in [0.25, 0.3) is 0 Å². The van der Waals surface area contributed by atoms with Gasteiger partial charge in [0.05, 0.1) is 5.56 Å². The van der Waals surface area contributed by atoms with Crippen LogP contribution in [0.1, 0.15) is 27.0 Å². The van der Waals surface area contributed by atoms with Crippen molar-refractivity contribution in [2.45, 2.75) is 20.5 Å². The van der Waals surface area contributed by atoms with Gasteiger partial charge in [-0.3, -0.25) is 0 Å². The minimum absolute atomic E-state index is 0.0283. The van der Waals surface area contributed by atoms with Crippen LogP contribution >= 0.6 is 11.6 Å². The van der Waals surface area contributed by atoms with Crippen molar-refractivity contribution in [3.05, 3.63) is 63.4 Å². The number of carbonyl (C=O) groups is 1. The number of rotatable bonds is 4. The first-order valence-corrected chi connectivity index (χ1v) is 6.67. The largest absolute Gasteiger partial charge is 0.488 e. The predicted molar refractivity (Wildman–Crippen MR) is 78.6 cm³/mol. The van der Waals surface area contributed by atoms with Crippen molar-refractivity contribution < 1.29 is 19.0 Å². The van der Waals surface area contributed by atoms with Gasteiger partial charge in [0, 0.05) is 10.6 Å². The maximum absolute atomic E-state index is 13.6. The summed E-state index contributed by atoms with van der Waals surface area (Å²) < 4.78 is 19.3. The van der Waals surface area contributed by atoms with E-state index in [4.69, 9.17) is 21.4 Å². The van der Waals surface area contributed by atoms with Crippen LogP contribution in [0.2, 0.25) is 5.02 Å². The molecule has 3 nitrogen and oxygen atoms in total. The van der Waals surface area contributed by atoms with Gasteiger partial charge in [-0.15, -0.1) is 0 Å². The molecule has 0 unspecified atom stereocenters. The average molecular weight is 309 g/mol. The van der Waals surface area contributed by atoms with Gasteiger partial charge in [0.15, 0.2) is 0 Å². The van der Waals surface area contributed by atoms with Crippen LogP contribution < -0.4 is 4.74 Å². The molecule has 110 valence electrons. The number of aryl methyl sites for hydroxylation is 2. The minimum atomic E-state index is -0.992. The highest BCUT2D eigenvalue weighted by molar-refractivity contribution is 6.30. The van der Waals surface area contributed by atoms with Crippen LogP contribution in [0.15, 0.2) is 30.3 Å². The third-order valence-corrected chi connectivity index (χ3v) is 3.32. The lowest BCUT2D eigenvalue weighted by molar-refractivity contribution is 0.0696. The molecule has 0 aliphatic carbocycles. The monoisotopic (exact) mass is 308 g/mol. The fourth-order valence-electron chi connectivity index (χ4n) is 2.11. The van der Waals surface area contributed by atoms with Gasteiger partial charge in [0.1, 0.15) is 18.2 Å². The quantitative estimate of drug-likeness (QED) is 0.912. The second kappa shape index (κ2) is 6.14. The summed E-state index contributed by atoms with van der Waals surface area (Å²) in [6.45, 7) is 3.53. The number of carboxylic acid groups (broad SMARTS) is 1. The van der Waals surface area contributed by atoms with Crippen molar-refractivity contribution >= 4 is 17.6 Å². The zero-order valence-corrected chi connectivity index (χ0v) is 12.4. The topological polar surface area (TPSA) is 46.5 Å². The van der Waals surface area contributed by atoms with Gasteiger partial charge in [0.25, 0.3) is 0 Å². The molecule has 0 amide bonds. The molecule has 0 fully saturated rings. The summed E-state index contributed by atoms with van der Waals surface area (Å²) in [5, 5.41) is 9.43. The van der Waals surface area contributed by atoms with Crippen LogP contribution in [0, 0.1) is 19.7 Å². The lowest BCUT2D eigenvalue weighted by Gasteiger charge is -2.13. The normalized spacial score (nSPS) is 10.5. The molecule has 2 rings (SSSR count). The van der Waals surface area contributed by atoms with E-state index >= 15 is 0 Å². The van der Waals surface area contributed by atoms with Crippen molar-refractivity contribution in [2.75, 3.05) is 0 Å². The highest BCUT2D eigenvalue weighted by atomic mass is 35.5. The van der Waals surface area contributed by atoms with E-state index < -0.39 is 11.8 Å². The summed E-state index contributed by atoms with van der Waals surface area (Å²) in [4.78, 5) is 11.0. The molecule has 2 aromatic carbocycles. The first-order chi connectivity index (χ1) is 9.88. The van der Waals surface area contributed by atoms with Gasteiger partial charge in [-0.25, -0.2) is 9.18 Å². The number of hydrogen-bond acceptors (Lipinski definition) is 2. The highest BCUT2D eigenvalue weighted by Gasteiger charge is 2.12. The molecule has 0 spiro atoms. The Balaban J connectivity index is 2.24. The molecule has 0 bridgehead atoms. The molecule has 5 heteroatoms. The lowest BCUT2D eigenvalue weighted by atomic mass is 10.1. The summed E-state index contributed by atoms with van der Waals surface area (Å²) in [5.74, 6) is -0.829. The number of ether oxygens (including phenoxy) is 1. The van der Waals surface area contributed by atoms with Crippen molar-refractivity contribution in [3.8, 4) is 5.75 Å². The molecule has 0 aliphatic rings. The van der Waals surface area contributed by atoms with Gasteiger partial charge in [-0.1, -0.05) is 11.6 Å². The fourth-order valence-corrected chi connectivity index (χ4v) is 2.30. The SMILES string of the molecule is Cc1cc(C(=O)O)cc(C)c1OCc1cc(Cl)ccc1F. The summed E-state index contributed by atoms with van der Waals surface area (Å²) in [6.07, 6.45) is 0. The summed E-state index contributed by atoms with van der Waals surface area (Å²) in [5.41, 5.74) is 1.93. The smallest absolute Gasteiger partial charge is 0.335 e. The Bertz CT molecular complexity index is 675. The van der Waals surface area contributed by atoms with Gasteiger partial charge >= 0.3 is 5.97 Å². The number of hydrogen-bond donors (Lipinski definition) is 1. The van der Waals surface area contributed by atoms with Crippen LogP contribution in [-0.2, 0) is 6.61 Å². The molecule has 0 aromatic heterocycles. The maximum Gasteiger partial charge on any atom is 0.335 e. The molecule has 0 heterocycles. The Hall–Kier alpha value is -2.07. The third kappa shape index (κ3) is 3.52. The average Bonchev–Trinajstić information content (AvgIpc) is 2.41. The van der Waals surface area contributed by atoms with Crippen molar-refractivity contribution in [1.82, 2.24) is 0 Å². The molecule has 0 aliphatic heterocycles. The lowest BCUT2D eigenvalue weighted by Crippen LogP contribution is -2.04. The van der Waals surface area contributed by atoms with Crippen molar-refractivity contribution in [3.63, 3.8) is 0 Å². The van der Waals surface area contributed by atoms with E-state index in [1.165, 1.54) is 30.3 Å². The molecular weight excluding hydrogens is 295 g/mol. The molecule has 0 saturated heterocycles. The number of carboxylic acids is 1. The van der Waals surface area contributed by atoms with E-state index in [0.29, 0.717) is 27.5 Å². The Kier molecular flexibility index (Phi) is 4.48. The number of halogens is 2. The molecule has 1 N–H and O–H groups in total. The fraction of sp³-hybridized carbons (Fsp3) is 0.188. The van der Waals surface area contributed by atoms with E-state index in [-0.39, 0.29) is 12.2 Å². The molecular formula is C16H14ClFO3. The second-order valence-corrected chi connectivity index (χ2v) is 5.21. The maximum atomic E-state index is 13.6. The Labute approximate surface area is 126 Å². The van der Waals surface area contributed by atoms with Crippen LogP contribution in [-0.4, -0.2) is 11.1 Å². The first-order valence-electron chi connectivity index (χ1n) is 6.29. The Morgan fingerprint density at radius 1 is 1.24 bits per heavy atom. The third-order valence-electron chi connectivity index (χ3n) is 3.09. The van der Waals surface area contributed by atoms with E-state index in [1.807, 2.05) is 0 Å². The Morgan fingerprint density at radius 2 is 1.86 bits per heavy atom. The van der Waals surface area contributed by atoms with Gasteiger partial charge in [-0.05, 0) is 55.3 Å². The van der Waals surface area contributed by atoms with E-state index in [1.54, 1.807) is 13.8 Å². The van der Waals surface area contributed by atoms with E-state index in [0.717, 1.165) is 0 Å². The molecule has 0 radical (unpaired) electrons. The van der Waals surface area contributed by atoms with E-state index in [9.17, 15) is 9.18 Å². The second-order valence-electron chi connectivity index (χ2n) is 4.77. The molecule has 2 aromatic rings. The zero-order valence-electron chi connectivity index (χ0n) is 11.6. The van der Waals surface area contributed by atoms with Crippen molar-refractivity contribution in [1.29, 1.82) is 0 Å². The standard InChI is InChI=1S/C16H14ClFO3/c1-9-5-11(16(19)20)6-10(2)15(9)21-8-12-7-13(17)3-4-14(12)18/h3-7H,8H2,1-2H3,(H,19,20). The van der Waals surface area contributed by atoms with Gasteiger partial charge < -0.3 is 9.84 Å². The predicted octanol–water partition coefficient (Wildman–Crippen LogP) is 4.37. The molecule has 0 saturated carbocycles. The first kappa shape index (κ1) is 15.3. The summed E-state index contributed by atoms with van der Waals surface area (Å²) >= 11 is 5.83. The Morgan fingerprint density at radius 3 is 2.43 bits per heavy atom. The van der Waals surface area contributed by atoms with Gasteiger partial charge in [0.2, 0.25) is 0 Å². The number of aromatic carboxylic acids is 1.